The Morgan fingerprint density at radius 1 is 1.00 bits per heavy atom. The van der Waals surface area contributed by atoms with Crippen molar-refractivity contribution in [3.63, 3.8) is 0 Å². The van der Waals surface area contributed by atoms with Crippen LogP contribution >= 0.6 is 0 Å². The van der Waals surface area contributed by atoms with Gasteiger partial charge in [-0.25, -0.2) is 15.0 Å². The Labute approximate surface area is 139 Å². The molecule has 0 aliphatic rings. The van der Waals surface area contributed by atoms with Gasteiger partial charge in [0.1, 0.15) is 5.52 Å². The number of benzene rings is 1. The van der Waals surface area contributed by atoms with E-state index in [1.165, 1.54) is 0 Å². The summed E-state index contributed by atoms with van der Waals surface area (Å²) >= 11 is 0. The van der Waals surface area contributed by atoms with Crippen molar-refractivity contribution in [2.24, 2.45) is 7.05 Å². The quantitative estimate of drug-likeness (QED) is 0.628. The Kier molecular flexibility index (Phi) is 3.42. The second kappa shape index (κ2) is 5.73. The van der Waals surface area contributed by atoms with Crippen LogP contribution in [0.5, 0.6) is 0 Å². The van der Waals surface area contributed by atoms with E-state index in [0.29, 0.717) is 6.42 Å². The maximum atomic E-state index is 5.87. The average Bonchev–Trinajstić information content (AvgIpc) is 3.02. The number of fused-ring (bicyclic) bond motifs is 1. The third kappa shape index (κ3) is 2.69. The predicted octanol–water partition coefficient (Wildman–Crippen LogP) is 2.60. The van der Waals surface area contributed by atoms with E-state index in [0.717, 1.165) is 33.5 Å². The van der Waals surface area contributed by atoms with Crippen LogP contribution < -0.4 is 5.73 Å². The summed E-state index contributed by atoms with van der Waals surface area (Å²) in [6.07, 6.45) is 4.39. The van der Waals surface area contributed by atoms with Crippen molar-refractivity contribution in [2.75, 3.05) is 5.73 Å². The minimum atomic E-state index is 0.268. The van der Waals surface area contributed by atoms with E-state index in [1.54, 1.807) is 10.9 Å². The van der Waals surface area contributed by atoms with Crippen molar-refractivity contribution in [1.82, 2.24) is 24.7 Å². The summed E-state index contributed by atoms with van der Waals surface area (Å²) in [5.41, 5.74) is 11.2. The van der Waals surface area contributed by atoms with Gasteiger partial charge in [0, 0.05) is 25.2 Å². The molecule has 3 heterocycles. The largest absolute Gasteiger partial charge is 0.368 e. The van der Waals surface area contributed by atoms with E-state index in [2.05, 4.69) is 27.2 Å². The summed E-state index contributed by atoms with van der Waals surface area (Å²) in [5, 5.41) is 4.20. The van der Waals surface area contributed by atoms with E-state index in [9.17, 15) is 0 Å². The number of rotatable bonds is 3. The van der Waals surface area contributed by atoms with Gasteiger partial charge in [0.25, 0.3) is 0 Å². The highest BCUT2D eigenvalue weighted by atomic mass is 15.2. The van der Waals surface area contributed by atoms with Crippen molar-refractivity contribution in [2.45, 2.75) is 6.42 Å². The lowest BCUT2D eigenvalue weighted by Crippen LogP contribution is -2.03. The second-order valence-electron chi connectivity index (χ2n) is 5.66. The maximum Gasteiger partial charge on any atom is 0.220 e. The molecule has 0 unspecified atom stereocenters. The molecule has 3 aromatic heterocycles. The molecule has 0 fully saturated rings. The number of aryl methyl sites for hydroxylation is 1. The van der Waals surface area contributed by atoms with Crippen LogP contribution in [0.25, 0.3) is 22.3 Å². The summed E-state index contributed by atoms with van der Waals surface area (Å²) < 4.78 is 1.76. The first-order valence-corrected chi connectivity index (χ1v) is 7.65. The van der Waals surface area contributed by atoms with E-state index < -0.39 is 0 Å². The lowest BCUT2D eigenvalue weighted by molar-refractivity contribution is 0.768. The fourth-order valence-electron chi connectivity index (χ4n) is 2.72. The highest BCUT2D eigenvalue weighted by Gasteiger charge is 2.11. The lowest BCUT2D eigenvalue weighted by atomic mass is 10.1. The van der Waals surface area contributed by atoms with E-state index in [4.69, 9.17) is 10.7 Å². The first-order chi connectivity index (χ1) is 11.7. The Hall–Kier alpha value is -3.28. The van der Waals surface area contributed by atoms with Gasteiger partial charge in [0.15, 0.2) is 0 Å². The highest BCUT2D eigenvalue weighted by molar-refractivity contribution is 5.81. The predicted molar refractivity (Wildman–Crippen MR) is 93.2 cm³/mol. The van der Waals surface area contributed by atoms with E-state index >= 15 is 0 Å². The van der Waals surface area contributed by atoms with Gasteiger partial charge in [-0.05, 0) is 17.7 Å². The third-order valence-electron chi connectivity index (χ3n) is 3.85. The number of hydrogen-bond donors (Lipinski definition) is 1. The zero-order chi connectivity index (χ0) is 16.5. The van der Waals surface area contributed by atoms with Crippen molar-refractivity contribution >= 4 is 17.0 Å². The van der Waals surface area contributed by atoms with Crippen LogP contribution in [0.15, 0.2) is 54.9 Å². The molecule has 0 aliphatic carbocycles. The molecule has 1 aromatic carbocycles. The molecule has 6 heteroatoms. The molecule has 0 spiro atoms. The van der Waals surface area contributed by atoms with Gasteiger partial charge >= 0.3 is 0 Å². The van der Waals surface area contributed by atoms with Gasteiger partial charge in [-0.15, -0.1) is 0 Å². The van der Waals surface area contributed by atoms with Crippen LogP contribution in [-0.2, 0) is 13.5 Å². The Morgan fingerprint density at radius 3 is 2.58 bits per heavy atom. The molecule has 4 rings (SSSR count). The first kappa shape index (κ1) is 14.3. The molecule has 0 atom stereocenters. The van der Waals surface area contributed by atoms with Crippen molar-refractivity contribution in [3.05, 3.63) is 66.1 Å². The van der Waals surface area contributed by atoms with Gasteiger partial charge in [-0.2, -0.15) is 5.10 Å². The Balaban J connectivity index is 1.85. The maximum absolute atomic E-state index is 5.87. The monoisotopic (exact) mass is 316 g/mol. The number of nitrogens with two attached hydrogens (primary N) is 1. The summed E-state index contributed by atoms with van der Waals surface area (Å²) in [5.74, 6) is 0.268. The zero-order valence-corrected chi connectivity index (χ0v) is 13.2. The molecule has 0 saturated heterocycles. The molecule has 0 saturated carbocycles. The van der Waals surface area contributed by atoms with Gasteiger partial charge in [0.2, 0.25) is 5.95 Å². The average molecular weight is 316 g/mol. The molecule has 24 heavy (non-hydrogen) atoms. The molecule has 0 amide bonds. The first-order valence-electron chi connectivity index (χ1n) is 7.65. The topological polar surface area (TPSA) is 82.5 Å². The number of nitrogen functional groups attached to an aromatic ring is 1. The Bertz CT molecular complexity index is 1010. The lowest BCUT2D eigenvalue weighted by Gasteiger charge is -2.07. The van der Waals surface area contributed by atoms with E-state index in [-0.39, 0.29) is 5.95 Å². The van der Waals surface area contributed by atoms with Crippen molar-refractivity contribution in [1.29, 1.82) is 0 Å². The van der Waals surface area contributed by atoms with Crippen molar-refractivity contribution < 1.29 is 0 Å². The molecular formula is C18H16N6. The summed E-state index contributed by atoms with van der Waals surface area (Å²) in [7, 11) is 1.88. The smallest absolute Gasteiger partial charge is 0.220 e. The molecule has 118 valence electrons. The normalized spacial score (nSPS) is 11.0. The zero-order valence-electron chi connectivity index (χ0n) is 13.2. The fraction of sp³-hybridized carbons (Fsp3) is 0.111. The third-order valence-corrected chi connectivity index (χ3v) is 3.85. The minimum Gasteiger partial charge on any atom is -0.368 e. The number of nitrogens with zero attached hydrogens (tertiary/aromatic N) is 5. The van der Waals surface area contributed by atoms with Crippen LogP contribution in [0.3, 0.4) is 0 Å². The molecular weight excluding hydrogens is 300 g/mol. The molecule has 0 aliphatic heterocycles. The van der Waals surface area contributed by atoms with Crippen LogP contribution in [0.2, 0.25) is 0 Å². The van der Waals surface area contributed by atoms with Gasteiger partial charge < -0.3 is 5.73 Å². The van der Waals surface area contributed by atoms with E-state index in [1.807, 2.05) is 43.6 Å². The number of aromatic nitrogens is 5. The highest BCUT2D eigenvalue weighted by Crippen LogP contribution is 2.23. The van der Waals surface area contributed by atoms with Crippen molar-refractivity contribution in [3.8, 4) is 11.3 Å². The standard InChI is InChI=1S/C18H16N6/c1-24-11-13(10-20-24)14-7-8-15-17(21-14)16(23-18(19)22-15)9-12-5-3-2-4-6-12/h2-8,10-11H,9H2,1H3,(H2,19,22,23). The minimum absolute atomic E-state index is 0.268. The van der Waals surface area contributed by atoms with Gasteiger partial charge in [-0.1, -0.05) is 30.3 Å². The molecule has 0 radical (unpaired) electrons. The second-order valence-corrected chi connectivity index (χ2v) is 5.66. The molecule has 4 aromatic rings. The van der Waals surface area contributed by atoms with Crippen LogP contribution in [0, 0.1) is 0 Å². The summed E-state index contributed by atoms with van der Waals surface area (Å²) in [4.78, 5) is 13.5. The molecule has 2 N–H and O–H groups in total. The SMILES string of the molecule is Cn1cc(-c2ccc3nc(N)nc(Cc4ccccc4)c3n2)cn1. The van der Waals surface area contributed by atoms with Crippen LogP contribution in [0.4, 0.5) is 5.95 Å². The van der Waals surface area contributed by atoms with Gasteiger partial charge in [-0.3, -0.25) is 4.68 Å². The number of hydrogen-bond acceptors (Lipinski definition) is 5. The molecule has 6 nitrogen and oxygen atoms in total. The summed E-state index contributed by atoms with van der Waals surface area (Å²) in [6.45, 7) is 0. The molecule has 0 bridgehead atoms. The fourth-order valence-corrected chi connectivity index (χ4v) is 2.72. The number of pyridine rings is 1. The van der Waals surface area contributed by atoms with Crippen LogP contribution in [0.1, 0.15) is 11.3 Å². The van der Waals surface area contributed by atoms with Gasteiger partial charge in [0.05, 0.1) is 23.1 Å². The Morgan fingerprint density at radius 2 is 1.83 bits per heavy atom. The summed E-state index contributed by atoms with van der Waals surface area (Å²) in [6, 6.07) is 14.0. The van der Waals surface area contributed by atoms with Crippen LogP contribution in [-0.4, -0.2) is 24.7 Å². The number of anilines is 1.